The smallest absolute Gasteiger partial charge is 0.240 e. The zero-order valence-electron chi connectivity index (χ0n) is 10.6. The lowest BCUT2D eigenvalue weighted by atomic mass is 10.2. The second-order valence-electron chi connectivity index (χ2n) is 4.10. The second kappa shape index (κ2) is 6.84. The molecule has 0 saturated carbocycles. The molecular weight excluding hydrogens is 254 g/mol. The predicted octanol–water partition coefficient (Wildman–Crippen LogP) is 0.671. The summed E-state index contributed by atoms with van der Waals surface area (Å²) in [6, 6.07) is 6.17. The minimum absolute atomic E-state index is 0.0928. The minimum Gasteiger partial charge on any atom is -0.396 e. The lowest BCUT2D eigenvalue weighted by Crippen LogP contribution is -2.38. The first kappa shape index (κ1) is 15.1. The summed E-state index contributed by atoms with van der Waals surface area (Å²) in [5, 5.41) is 8.88. The number of sulfonamides is 1. The SMILES string of the molecule is COCC(CCO)NS(=O)(=O)c1ccc(C)cc1. The second-order valence-corrected chi connectivity index (χ2v) is 5.81. The highest BCUT2D eigenvalue weighted by molar-refractivity contribution is 7.89. The molecule has 1 unspecified atom stereocenters. The van der Waals surface area contributed by atoms with Crippen molar-refractivity contribution in [2.75, 3.05) is 20.3 Å². The Kier molecular flexibility index (Phi) is 5.74. The van der Waals surface area contributed by atoms with E-state index >= 15 is 0 Å². The molecule has 0 aliphatic carbocycles. The zero-order chi connectivity index (χ0) is 13.6. The quantitative estimate of drug-likeness (QED) is 0.765. The molecule has 0 spiro atoms. The van der Waals surface area contributed by atoms with Crippen molar-refractivity contribution in [1.29, 1.82) is 0 Å². The number of aryl methyl sites for hydroxylation is 1. The molecule has 1 aromatic carbocycles. The fourth-order valence-electron chi connectivity index (χ4n) is 1.54. The molecule has 1 rings (SSSR count). The molecule has 1 aromatic rings. The number of benzene rings is 1. The van der Waals surface area contributed by atoms with Gasteiger partial charge >= 0.3 is 0 Å². The molecule has 0 aliphatic rings. The van der Waals surface area contributed by atoms with Crippen LogP contribution in [0.4, 0.5) is 0 Å². The van der Waals surface area contributed by atoms with E-state index in [9.17, 15) is 8.42 Å². The summed E-state index contributed by atoms with van der Waals surface area (Å²) in [6.07, 6.45) is 0.318. The third-order valence-electron chi connectivity index (χ3n) is 2.50. The van der Waals surface area contributed by atoms with Crippen molar-refractivity contribution in [3.8, 4) is 0 Å². The van der Waals surface area contributed by atoms with Crippen LogP contribution in [0.5, 0.6) is 0 Å². The Morgan fingerprint density at radius 2 is 1.94 bits per heavy atom. The van der Waals surface area contributed by atoms with Crippen LogP contribution in [0.15, 0.2) is 29.2 Å². The van der Waals surface area contributed by atoms with Crippen LogP contribution in [-0.2, 0) is 14.8 Å². The van der Waals surface area contributed by atoms with Gasteiger partial charge in [-0.1, -0.05) is 17.7 Å². The van der Waals surface area contributed by atoms with Crippen LogP contribution < -0.4 is 4.72 Å². The maximum Gasteiger partial charge on any atom is 0.240 e. The number of rotatable bonds is 7. The van der Waals surface area contributed by atoms with Crippen LogP contribution in [0, 0.1) is 6.92 Å². The Labute approximate surface area is 108 Å². The van der Waals surface area contributed by atoms with Gasteiger partial charge in [-0.3, -0.25) is 0 Å². The van der Waals surface area contributed by atoms with E-state index < -0.39 is 16.1 Å². The number of aliphatic hydroxyl groups excluding tert-OH is 1. The van der Waals surface area contributed by atoms with E-state index in [0.29, 0.717) is 6.42 Å². The molecule has 5 nitrogen and oxygen atoms in total. The molecule has 0 heterocycles. The van der Waals surface area contributed by atoms with Gasteiger partial charge in [-0.25, -0.2) is 13.1 Å². The summed E-state index contributed by atoms with van der Waals surface area (Å²) in [6.45, 7) is 2.03. The highest BCUT2D eigenvalue weighted by Gasteiger charge is 2.19. The number of methoxy groups -OCH3 is 1. The summed E-state index contributed by atoms with van der Waals surface area (Å²) in [7, 11) is -2.07. The maximum absolute atomic E-state index is 12.1. The maximum atomic E-state index is 12.1. The summed E-state index contributed by atoms with van der Waals surface area (Å²) >= 11 is 0. The zero-order valence-corrected chi connectivity index (χ0v) is 11.4. The Hall–Kier alpha value is -0.950. The first-order chi connectivity index (χ1) is 8.49. The lowest BCUT2D eigenvalue weighted by molar-refractivity contribution is 0.158. The van der Waals surface area contributed by atoms with Crippen molar-refractivity contribution in [3.05, 3.63) is 29.8 Å². The first-order valence-electron chi connectivity index (χ1n) is 5.68. The Morgan fingerprint density at radius 3 is 2.44 bits per heavy atom. The summed E-state index contributed by atoms with van der Waals surface area (Å²) < 4.78 is 31.5. The third kappa shape index (κ3) is 4.38. The monoisotopic (exact) mass is 273 g/mol. The van der Waals surface area contributed by atoms with Gasteiger partial charge in [0.05, 0.1) is 11.5 Å². The molecule has 0 fully saturated rings. The van der Waals surface area contributed by atoms with Crippen molar-refractivity contribution in [2.24, 2.45) is 0 Å². The molecule has 0 bridgehead atoms. The van der Waals surface area contributed by atoms with Crippen molar-refractivity contribution in [1.82, 2.24) is 4.72 Å². The Balaban J connectivity index is 2.82. The van der Waals surface area contributed by atoms with Gasteiger partial charge < -0.3 is 9.84 Å². The first-order valence-corrected chi connectivity index (χ1v) is 7.16. The van der Waals surface area contributed by atoms with Gasteiger partial charge in [0.2, 0.25) is 10.0 Å². The topological polar surface area (TPSA) is 75.6 Å². The molecule has 0 radical (unpaired) electrons. The number of nitrogens with one attached hydrogen (secondary N) is 1. The molecule has 0 amide bonds. The number of hydrogen-bond acceptors (Lipinski definition) is 4. The number of ether oxygens (including phenoxy) is 1. The molecule has 0 aromatic heterocycles. The van der Waals surface area contributed by atoms with Gasteiger partial charge in [0.15, 0.2) is 0 Å². The van der Waals surface area contributed by atoms with Gasteiger partial charge in [-0.05, 0) is 25.5 Å². The normalized spacial score (nSPS) is 13.5. The van der Waals surface area contributed by atoms with Crippen molar-refractivity contribution < 1.29 is 18.3 Å². The summed E-state index contributed by atoms with van der Waals surface area (Å²) in [4.78, 5) is 0.215. The van der Waals surface area contributed by atoms with Gasteiger partial charge in [0.25, 0.3) is 0 Å². The van der Waals surface area contributed by atoms with Gasteiger partial charge in [0.1, 0.15) is 0 Å². The van der Waals surface area contributed by atoms with Crippen LogP contribution in [-0.4, -0.2) is 39.9 Å². The molecule has 102 valence electrons. The molecule has 6 heteroatoms. The van der Waals surface area contributed by atoms with Crippen LogP contribution >= 0.6 is 0 Å². The van der Waals surface area contributed by atoms with E-state index in [-0.39, 0.29) is 18.1 Å². The van der Waals surface area contributed by atoms with E-state index in [1.54, 1.807) is 24.3 Å². The van der Waals surface area contributed by atoms with Crippen LogP contribution in [0.2, 0.25) is 0 Å². The fraction of sp³-hybridized carbons (Fsp3) is 0.500. The number of aliphatic hydroxyl groups is 1. The molecule has 18 heavy (non-hydrogen) atoms. The molecule has 1 atom stereocenters. The van der Waals surface area contributed by atoms with Crippen molar-refractivity contribution in [2.45, 2.75) is 24.3 Å². The molecule has 0 aliphatic heterocycles. The highest BCUT2D eigenvalue weighted by atomic mass is 32.2. The predicted molar refractivity (Wildman–Crippen MR) is 68.9 cm³/mol. The highest BCUT2D eigenvalue weighted by Crippen LogP contribution is 2.11. The van der Waals surface area contributed by atoms with Crippen LogP contribution in [0.1, 0.15) is 12.0 Å². The van der Waals surface area contributed by atoms with E-state index in [1.807, 2.05) is 6.92 Å². The van der Waals surface area contributed by atoms with Gasteiger partial charge in [0, 0.05) is 19.8 Å². The molecule has 2 N–H and O–H groups in total. The standard InChI is InChI=1S/C12H19NO4S/c1-10-3-5-12(6-4-10)18(15,16)13-11(7-8-14)9-17-2/h3-6,11,13-14H,7-9H2,1-2H3. The average molecular weight is 273 g/mol. The fourth-order valence-corrected chi connectivity index (χ4v) is 2.79. The average Bonchev–Trinajstić information content (AvgIpc) is 2.29. The molecular formula is C12H19NO4S. The van der Waals surface area contributed by atoms with E-state index in [2.05, 4.69) is 4.72 Å². The molecule has 0 saturated heterocycles. The third-order valence-corrected chi connectivity index (χ3v) is 4.03. The van der Waals surface area contributed by atoms with E-state index in [1.165, 1.54) is 7.11 Å². The largest absolute Gasteiger partial charge is 0.396 e. The van der Waals surface area contributed by atoms with Crippen molar-refractivity contribution >= 4 is 10.0 Å². The van der Waals surface area contributed by atoms with Crippen molar-refractivity contribution in [3.63, 3.8) is 0 Å². The Morgan fingerprint density at radius 1 is 1.33 bits per heavy atom. The summed E-state index contributed by atoms with van der Waals surface area (Å²) in [5.74, 6) is 0. The Bertz CT molecular complexity index is 449. The van der Waals surface area contributed by atoms with Crippen LogP contribution in [0.25, 0.3) is 0 Å². The van der Waals surface area contributed by atoms with E-state index in [4.69, 9.17) is 9.84 Å². The number of hydrogen-bond donors (Lipinski definition) is 2. The summed E-state index contributed by atoms with van der Waals surface area (Å²) in [5.41, 5.74) is 0.998. The van der Waals surface area contributed by atoms with E-state index in [0.717, 1.165) is 5.56 Å². The van der Waals surface area contributed by atoms with Gasteiger partial charge in [-0.15, -0.1) is 0 Å². The lowest BCUT2D eigenvalue weighted by Gasteiger charge is -2.17. The minimum atomic E-state index is -3.56. The van der Waals surface area contributed by atoms with Crippen LogP contribution in [0.3, 0.4) is 0 Å². The van der Waals surface area contributed by atoms with Gasteiger partial charge in [-0.2, -0.15) is 0 Å².